The molecular formula is C50H30S. The number of hydrogen-bond donors (Lipinski definition) is 0. The molecule has 0 spiro atoms. The SMILES string of the molecule is c1ccc2cc(-c3c4ccccc4c(-c4ccc(-c5cccc6c5sc5ccc7ccccc7c56)c5ccccc45)c4ccccc34)ccc2c1. The fourth-order valence-electron chi connectivity index (χ4n) is 8.61. The molecule has 0 radical (unpaired) electrons. The summed E-state index contributed by atoms with van der Waals surface area (Å²) in [5.41, 5.74) is 7.66. The van der Waals surface area contributed by atoms with Crippen molar-refractivity contribution in [2.45, 2.75) is 0 Å². The van der Waals surface area contributed by atoms with Crippen molar-refractivity contribution in [2.75, 3.05) is 0 Å². The molecule has 0 unspecified atom stereocenters. The summed E-state index contributed by atoms with van der Waals surface area (Å²) in [5.74, 6) is 0. The molecule has 0 aliphatic carbocycles. The van der Waals surface area contributed by atoms with Crippen molar-refractivity contribution in [3.63, 3.8) is 0 Å². The lowest BCUT2D eigenvalue weighted by molar-refractivity contribution is 1.67. The molecule has 10 aromatic carbocycles. The molecule has 1 aromatic heterocycles. The maximum absolute atomic E-state index is 2.38. The highest BCUT2D eigenvalue weighted by atomic mass is 32.1. The Balaban J connectivity index is 1.19. The van der Waals surface area contributed by atoms with Crippen LogP contribution in [-0.2, 0) is 0 Å². The highest BCUT2D eigenvalue weighted by molar-refractivity contribution is 7.26. The molecule has 0 saturated heterocycles. The van der Waals surface area contributed by atoms with Gasteiger partial charge in [-0.05, 0) is 93.8 Å². The number of benzene rings is 10. The van der Waals surface area contributed by atoms with Gasteiger partial charge in [-0.3, -0.25) is 0 Å². The zero-order valence-electron chi connectivity index (χ0n) is 27.7. The Morgan fingerprint density at radius 2 is 0.824 bits per heavy atom. The summed E-state index contributed by atoms with van der Waals surface area (Å²) < 4.78 is 2.68. The van der Waals surface area contributed by atoms with Gasteiger partial charge in [0.1, 0.15) is 0 Å². The number of fused-ring (bicyclic) bond motifs is 9. The van der Waals surface area contributed by atoms with Crippen LogP contribution in [0.15, 0.2) is 182 Å². The fraction of sp³-hybridized carbons (Fsp3) is 0. The third kappa shape index (κ3) is 4.26. The van der Waals surface area contributed by atoms with Crippen molar-refractivity contribution in [1.82, 2.24) is 0 Å². The van der Waals surface area contributed by atoms with Crippen LogP contribution in [0.2, 0.25) is 0 Å². The van der Waals surface area contributed by atoms with E-state index < -0.39 is 0 Å². The monoisotopic (exact) mass is 662 g/mol. The van der Waals surface area contributed by atoms with E-state index in [1.165, 1.54) is 107 Å². The summed E-state index contributed by atoms with van der Waals surface area (Å²) in [4.78, 5) is 0. The maximum Gasteiger partial charge on any atom is 0.0434 e. The van der Waals surface area contributed by atoms with Gasteiger partial charge < -0.3 is 0 Å². The minimum Gasteiger partial charge on any atom is -0.135 e. The van der Waals surface area contributed by atoms with E-state index in [4.69, 9.17) is 0 Å². The first-order valence-corrected chi connectivity index (χ1v) is 18.4. The molecule has 11 aromatic rings. The van der Waals surface area contributed by atoms with Gasteiger partial charge >= 0.3 is 0 Å². The Morgan fingerprint density at radius 1 is 0.294 bits per heavy atom. The van der Waals surface area contributed by atoms with Gasteiger partial charge in [0.15, 0.2) is 0 Å². The van der Waals surface area contributed by atoms with E-state index in [-0.39, 0.29) is 0 Å². The predicted molar refractivity (Wildman–Crippen MR) is 223 cm³/mol. The molecule has 51 heavy (non-hydrogen) atoms. The minimum atomic E-state index is 1.25. The maximum atomic E-state index is 2.38. The second kappa shape index (κ2) is 11.1. The predicted octanol–water partition coefficient (Wildman–Crippen LogP) is 14.8. The van der Waals surface area contributed by atoms with Gasteiger partial charge in [0.25, 0.3) is 0 Å². The molecule has 0 fully saturated rings. The highest BCUT2D eigenvalue weighted by Gasteiger charge is 2.20. The van der Waals surface area contributed by atoms with E-state index in [0.29, 0.717) is 0 Å². The standard InChI is InChI=1S/C50H30S/c1-2-14-33-30-34(25-24-31(33)12-1)47-39-18-7-9-20-41(39)48(42-21-10-8-19-40(42)47)43-28-27-38(36-16-5-6-17-37(36)43)44-22-11-23-45-49-35-15-4-3-13-32(35)26-29-46(49)51-50(44)45/h1-30H. The first-order valence-electron chi connectivity index (χ1n) is 17.6. The van der Waals surface area contributed by atoms with Crippen LogP contribution in [-0.4, -0.2) is 0 Å². The lowest BCUT2D eigenvalue weighted by atomic mass is 9.83. The van der Waals surface area contributed by atoms with E-state index in [1.807, 2.05) is 11.3 Å². The molecule has 0 amide bonds. The van der Waals surface area contributed by atoms with E-state index in [2.05, 4.69) is 182 Å². The average molecular weight is 663 g/mol. The van der Waals surface area contributed by atoms with Crippen molar-refractivity contribution in [1.29, 1.82) is 0 Å². The lowest BCUT2D eigenvalue weighted by Gasteiger charge is -2.20. The van der Waals surface area contributed by atoms with Gasteiger partial charge in [-0.15, -0.1) is 11.3 Å². The number of thiophene rings is 1. The van der Waals surface area contributed by atoms with E-state index >= 15 is 0 Å². The molecule has 11 rings (SSSR count). The molecule has 0 aliphatic heterocycles. The number of rotatable bonds is 3. The topological polar surface area (TPSA) is 0 Å². The highest BCUT2D eigenvalue weighted by Crippen LogP contribution is 2.48. The van der Waals surface area contributed by atoms with Crippen LogP contribution >= 0.6 is 11.3 Å². The van der Waals surface area contributed by atoms with Crippen molar-refractivity contribution in [3.8, 4) is 33.4 Å². The summed E-state index contributed by atoms with van der Waals surface area (Å²) in [6.07, 6.45) is 0. The van der Waals surface area contributed by atoms with Gasteiger partial charge in [-0.2, -0.15) is 0 Å². The summed E-state index contributed by atoms with van der Waals surface area (Å²) in [7, 11) is 0. The summed E-state index contributed by atoms with van der Waals surface area (Å²) in [5, 5.41) is 15.5. The Labute approximate surface area is 299 Å². The zero-order chi connectivity index (χ0) is 33.5. The molecular weight excluding hydrogens is 633 g/mol. The van der Waals surface area contributed by atoms with Gasteiger partial charge in [0.2, 0.25) is 0 Å². The van der Waals surface area contributed by atoms with E-state index in [1.54, 1.807) is 0 Å². The summed E-state index contributed by atoms with van der Waals surface area (Å²) in [6, 6.07) is 67.4. The molecule has 1 heterocycles. The van der Waals surface area contributed by atoms with E-state index in [9.17, 15) is 0 Å². The fourth-order valence-corrected chi connectivity index (χ4v) is 9.85. The third-order valence-corrected chi connectivity index (χ3v) is 12.0. The molecule has 0 N–H and O–H groups in total. The normalized spacial score (nSPS) is 11.9. The minimum absolute atomic E-state index is 1.25. The van der Waals surface area contributed by atoms with Gasteiger partial charge in [0.05, 0.1) is 0 Å². The average Bonchev–Trinajstić information content (AvgIpc) is 3.59. The van der Waals surface area contributed by atoms with Crippen molar-refractivity contribution >= 4 is 85.4 Å². The van der Waals surface area contributed by atoms with Crippen molar-refractivity contribution < 1.29 is 0 Å². The van der Waals surface area contributed by atoms with Gasteiger partial charge in [-0.25, -0.2) is 0 Å². The quantitative estimate of drug-likeness (QED) is 0.165. The molecule has 0 aliphatic rings. The van der Waals surface area contributed by atoms with Crippen LogP contribution in [0.1, 0.15) is 0 Å². The van der Waals surface area contributed by atoms with Crippen LogP contribution in [0, 0.1) is 0 Å². The van der Waals surface area contributed by atoms with Crippen LogP contribution in [0.4, 0.5) is 0 Å². The molecule has 236 valence electrons. The smallest absolute Gasteiger partial charge is 0.0434 e. The Kier molecular flexibility index (Phi) is 6.22. The first kappa shape index (κ1) is 28.5. The molecule has 0 bridgehead atoms. The Morgan fingerprint density at radius 3 is 1.55 bits per heavy atom. The zero-order valence-corrected chi connectivity index (χ0v) is 28.5. The largest absolute Gasteiger partial charge is 0.135 e. The third-order valence-electron chi connectivity index (χ3n) is 10.8. The van der Waals surface area contributed by atoms with Crippen molar-refractivity contribution in [2.24, 2.45) is 0 Å². The van der Waals surface area contributed by atoms with Crippen molar-refractivity contribution in [3.05, 3.63) is 182 Å². The first-order chi connectivity index (χ1) is 25.3. The Bertz CT molecular complexity index is 3140. The van der Waals surface area contributed by atoms with Crippen LogP contribution < -0.4 is 0 Å². The van der Waals surface area contributed by atoms with Crippen LogP contribution in [0.3, 0.4) is 0 Å². The second-order valence-corrected chi connectivity index (χ2v) is 14.6. The van der Waals surface area contributed by atoms with Crippen LogP contribution in [0.5, 0.6) is 0 Å². The Hall–Kier alpha value is -6.28. The van der Waals surface area contributed by atoms with Gasteiger partial charge in [-0.1, -0.05) is 170 Å². The molecule has 0 saturated carbocycles. The number of hydrogen-bond acceptors (Lipinski definition) is 1. The molecule has 1 heteroatoms. The summed E-state index contributed by atoms with van der Waals surface area (Å²) >= 11 is 1.91. The lowest BCUT2D eigenvalue weighted by Crippen LogP contribution is -1.92. The molecule has 0 nitrogen and oxygen atoms in total. The van der Waals surface area contributed by atoms with E-state index in [0.717, 1.165) is 0 Å². The van der Waals surface area contributed by atoms with Gasteiger partial charge in [0, 0.05) is 25.7 Å². The van der Waals surface area contributed by atoms with Crippen LogP contribution in [0.25, 0.3) is 107 Å². The second-order valence-electron chi connectivity index (χ2n) is 13.6. The molecule has 0 atom stereocenters. The summed E-state index contributed by atoms with van der Waals surface area (Å²) in [6.45, 7) is 0.